The Bertz CT molecular complexity index is 576. The molecule has 1 atom stereocenters. The van der Waals surface area contributed by atoms with Crippen LogP contribution >= 0.6 is 0 Å². The average molecular weight is 310 g/mol. The summed E-state index contributed by atoms with van der Waals surface area (Å²) in [6.45, 7) is 5.22. The monoisotopic (exact) mass is 310 g/mol. The Morgan fingerprint density at radius 2 is 1.75 bits per heavy atom. The molecule has 8 heteroatoms. The summed E-state index contributed by atoms with van der Waals surface area (Å²) >= 11 is 0. The van der Waals surface area contributed by atoms with Crippen molar-refractivity contribution in [1.29, 1.82) is 0 Å². The Hall–Kier alpha value is -1.28. The van der Waals surface area contributed by atoms with Crippen LogP contribution in [0, 0.1) is 17.5 Å². The maximum Gasteiger partial charge on any atom is 0.236 e. The number of anilines is 1. The fourth-order valence-electron chi connectivity index (χ4n) is 1.40. The van der Waals surface area contributed by atoms with E-state index < -0.39 is 38.4 Å². The minimum atomic E-state index is -3.95. The summed E-state index contributed by atoms with van der Waals surface area (Å²) < 4.78 is 65.1. The van der Waals surface area contributed by atoms with E-state index >= 15 is 0 Å². The van der Waals surface area contributed by atoms with E-state index in [-0.39, 0.29) is 12.6 Å². The molecule has 0 spiro atoms. The quantitative estimate of drug-likeness (QED) is 0.792. The molecule has 4 nitrogen and oxygen atoms in total. The Morgan fingerprint density at radius 1 is 1.15 bits per heavy atom. The molecule has 1 aromatic rings. The molecule has 20 heavy (non-hydrogen) atoms. The molecule has 0 aromatic heterocycles. The lowest BCUT2D eigenvalue weighted by molar-refractivity contribution is 0.498. The van der Waals surface area contributed by atoms with Gasteiger partial charge in [-0.05, 0) is 6.92 Å². The third-order valence-electron chi connectivity index (χ3n) is 2.59. The smallest absolute Gasteiger partial charge is 0.236 e. The number of nitrogens with one attached hydrogen (secondary N) is 2. The van der Waals surface area contributed by atoms with Crippen LogP contribution in [-0.2, 0) is 10.0 Å². The molecule has 2 N–H and O–H groups in total. The van der Waals surface area contributed by atoms with Crippen molar-refractivity contribution in [3.63, 3.8) is 0 Å². The molecule has 0 saturated carbocycles. The highest BCUT2D eigenvalue weighted by molar-refractivity contribution is 7.93. The van der Waals surface area contributed by atoms with Gasteiger partial charge in [0.15, 0.2) is 11.6 Å². The van der Waals surface area contributed by atoms with Gasteiger partial charge >= 0.3 is 0 Å². The fourth-order valence-corrected chi connectivity index (χ4v) is 2.37. The van der Waals surface area contributed by atoms with E-state index in [1.165, 1.54) is 6.92 Å². The summed E-state index contributed by atoms with van der Waals surface area (Å²) in [5, 5.41) is 2.02. The van der Waals surface area contributed by atoms with Crippen LogP contribution in [0.4, 0.5) is 18.9 Å². The van der Waals surface area contributed by atoms with Crippen molar-refractivity contribution < 1.29 is 21.6 Å². The molecular formula is C12H17F3N2O2S. The first-order chi connectivity index (χ1) is 9.13. The molecular weight excluding hydrogens is 293 g/mol. The van der Waals surface area contributed by atoms with Crippen LogP contribution in [0.5, 0.6) is 0 Å². The number of benzene rings is 1. The van der Waals surface area contributed by atoms with Crippen LogP contribution in [0.1, 0.15) is 20.8 Å². The molecule has 0 aliphatic rings. The third kappa shape index (κ3) is 4.38. The van der Waals surface area contributed by atoms with Crippen LogP contribution in [0.15, 0.2) is 12.1 Å². The minimum absolute atomic E-state index is 0.0796. The number of hydrogen-bond acceptors (Lipinski definition) is 3. The van der Waals surface area contributed by atoms with E-state index in [0.717, 1.165) is 0 Å². The van der Waals surface area contributed by atoms with Gasteiger partial charge in [0.1, 0.15) is 5.82 Å². The normalized spacial score (nSPS) is 13.6. The van der Waals surface area contributed by atoms with Gasteiger partial charge in [-0.15, -0.1) is 0 Å². The third-order valence-corrected chi connectivity index (χ3v) is 4.32. The maximum absolute atomic E-state index is 13.4. The van der Waals surface area contributed by atoms with E-state index in [1.807, 2.05) is 18.6 Å². The standard InChI is InChI=1S/C12H17F3N2O2S/c1-7(2)16-6-8(3)20(18,19)17-11-5-9(13)4-10(14)12(11)15/h4-5,7-8,16-17H,6H2,1-3H3. The Kier molecular flexibility index (Phi) is 5.41. The Balaban J connectivity index is 2.91. The number of halogens is 3. The molecule has 0 radical (unpaired) electrons. The second-order valence-corrected chi connectivity index (χ2v) is 6.87. The number of sulfonamides is 1. The maximum atomic E-state index is 13.4. The second kappa shape index (κ2) is 6.45. The van der Waals surface area contributed by atoms with Gasteiger partial charge < -0.3 is 5.32 Å². The van der Waals surface area contributed by atoms with Crippen molar-refractivity contribution >= 4 is 15.7 Å². The zero-order valence-corrected chi connectivity index (χ0v) is 12.2. The SMILES string of the molecule is CC(C)NCC(C)S(=O)(=O)Nc1cc(F)cc(F)c1F. The molecule has 1 rings (SSSR count). The lowest BCUT2D eigenvalue weighted by Gasteiger charge is -2.17. The molecule has 1 aromatic carbocycles. The molecule has 114 valence electrons. The van der Waals surface area contributed by atoms with Crippen LogP contribution in [-0.4, -0.2) is 26.3 Å². The van der Waals surface area contributed by atoms with Gasteiger partial charge in [-0.2, -0.15) is 0 Å². The predicted octanol–water partition coefficient (Wildman–Crippen LogP) is 2.23. The molecule has 0 heterocycles. The lowest BCUT2D eigenvalue weighted by Crippen LogP contribution is -2.37. The van der Waals surface area contributed by atoms with Crippen molar-refractivity contribution in [3.05, 3.63) is 29.6 Å². The Morgan fingerprint density at radius 3 is 2.30 bits per heavy atom. The molecule has 0 aliphatic heterocycles. The highest BCUT2D eigenvalue weighted by atomic mass is 32.2. The second-order valence-electron chi connectivity index (χ2n) is 4.77. The van der Waals surface area contributed by atoms with Gasteiger partial charge in [0.2, 0.25) is 10.0 Å². The molecule has 0 aliphatic carbocycles. The van der Waals surface area contributed by atoms with Crippen molar-refractivity contribution in [1.82, 2.24) is 5.32 Å². The largest absolute Gasteiger partial charge is 0.313 e. The van der Waals surface area contributed by atoms with Crippen LogP contribution in [0.25, 0.3) is 0 Å². The van der Waals surface area contributed by atoms with Gasteiger partial charge in [0, 0.05) is 24.7 Å². The van der Waals surface area contributed by atoms with Crippen LogP contribution in [0.2, 0.25) is 0 Å². The summed E-state index contributed by atoms with van der Waals surface area (Å²) in [5.41, 5.74) is -0.737. The molecule has 0 amide bonds. The highest BCUT2D eigenvalue weighted by Crippen LogP contribution is 2.21. The topological polar surface area (TPSA) is 58.2 Å². The van der Waals surface area contributed by atoms with Crippen molar-refractivity contribution in [2.75, 3.05) is 11.3 Å². The van der Waals surface area contributed by atoms with E-state index in [4.69, 9.17) is 0 Å². The molecule has 0 fully saturated rings. The summed E-state index contributed by atoms with van der Waals surface area (Å²) in [5.74, 6) is -3.94. The molecule has 0 saturated heterocycles. The first-order valence-electron chi connectivity index (χ1n) is 6.03. The van der Waals surface area contributed by atoms with E-state index in [0.29, 0.717) is 12.1 Å². The molecule has 1 unspecified atom stereocenters. The summed E-state index contributed by atoms with van der Waals surface area (Å²) in [7, 11) is -3.95. The van der Waals surface area contributed by atoms with E-state index in [2.05, 4.69) is 5.32 Å². The summed E-state index contributed by atoms with van der Waals surface area (Å²) in [4.78, 5) is 0. The van der Waals surface area contributed by atoms with Crippen molar-refractivity contribution in [3.8, 4) is 0 Å². The van der Waals surface area contributed by atoms with Gasteiger partial charge in [0.25, 0.3) is 0 Å². The van der Waals surface area contributed by atoms with Crippen molar-refractivity contribution in [2.45, 2.75) is 32.1 Å². The van der Waals surface area contributed by atoms with Gasteiger partial charge in [0.05, 0.1) is 10.9 Å². The van der Waals surface area contributed by atoms with Crippen LogP contribution < -0.4 is 10.0 Å². The average Bonchev–Trinajstić information content (AvgIpc) is 2.31. The fraction of sp³-hybridized carbons (Fsp3) is 0.500. The van der Waals surface area contributed by atoms with Gasteiger partial charge in [-0.1, -0.05) is 13.8 Å². The minimum Gasteiger partial charge on any atom is -0.313 e. The van der Waals surface area contributed by atoms with Gasteiger partial charge in [-0.25, -0.2) is 21.6 Å². The first-order valence-corrected chi connectivity index (χ1v) is 7.57. The summed E-state index contributed by atoms with van der Waals surface area (Å²) in [6, 6.07) is 1.02. The summed E-state index contributed by atoms with van der Waals surface area (Å²) in [6.07, 6.45) is 0. The predicted molar refractivity (Wildman–Crippen MR) is 71.5 cm³/mol. The van der Waals surface area contributed by atoms with E-state index in [9.17, 15) is 21.6 Å². The molecule has 0 bridgehead atoms. The zero-order valence-electron chi connectivity index (χ0n) is 11.4. The lowest BCUT2D eigenvalue weighted by atomic mass is 10.3. The highest BCUT2D eigenvalue weighted by Gasteiger charge is 2.23. The zero-order chi connectivity index (χ0) is 15.5. The van der Waals surface area contributed by atoms with Crippen LogP contribution in [0.3, 0.4) is 0 Å². The number of hydrogen-bond donors (Lipinski definition) is 2. The van der Waals surface area contributed by atoms with Crippen molar-refractivity contribution in [2.24, 2.45) is 0 Å². The van der Waals surface area contributed by atoms with E-state index in [1.54, 1.807) is 0 Å². The Labute approximate surface area is 116 Å². The first kappa shape index (κ1) is 16.8. The number of rotatable bonds is 6. The van der Waals surface area contributed by atoms with Gasteiger partial charge in [-0.3, -0.25) is 4.72 Å².